The van der Waals surface area contributed by atoms with Gasteiger partial charge in [-0.15, -0.1) is 16.4 Å². The molecule has 1 aliphatic heterocycles. The Bertz CT molecular complexity index is 1060. The molecule has 4 heterocycles. The number of hydrogen-bond donors (Lipinski definition) is 0. The highest BCUT2D eigenvalue weighted by atomic mass is 32.1. The number of fused-ring (bicyclic) bond motifs is 1. The standard InChI is InChI=1S/C16H14N8OS/c25-16(11-1-2-14-15(5-11)26-10-17-14)22-8-13(9-22)23-6-12(20-21-23)7-24-18-3-4-19-24/h1-6,10,13H,7-9H2. The van der Waals surface area contributed by atoms with Crippen LogP contribution in [0.1, 0.15) is 22.1 Å². The maximum Gasteiger partial charge on any atom is 0.254 e. The molecule has 0 saturated carbocycles. The molecule has 1 aromatic carbocycles. The molecule has 26 heavy (non-hydrogen) atoms. The molecule has 0 aliphatic carbocycles. The molecule has 1 saturated heterocycles. The number of benzene rings is 1. The van der Waals surface area contributed by atoms with Crippen LogP contribution in [0.5, 0.6) is 0 Å². The predicted molar refractivity (Wildman–Crippen MR) is 93.7 cm³/mol. The van der Waals surface area contributed by atoms with Crippen LogP contribution in [0, 0.1) is 0 Å². The quantitative estimate of drug-likeness (QED) is 0.539. The third kappa shape index (κ3) is 2.64. The van der Waals surface area contributed by atoms with Crippen molar-refractivity contribution in [1.29, 1.82) is 0 Å². The zero-order valence-corrected chi connectivity index (χ0v) is 14.5. The number of likely N-dealkylation sites (tertiary alicyclic amines) is 1. The van der Waals surface area contributed by atoms with Crippen molar-refractivity contribution in [2.45, 2.75) is 12.6 Å². The lowest BCUT2D eigenvalue weighted by molar-refractivity contribution is 0.0498. The van der Waals surface area contributed by atoms with E-state index in [0.717, 1.165) is 15.9 Å². The van der Waals surface area contributed by atoms with Crippen LogP contribution >= 0.6 is 11.3 Å². The first kappa shape index (κ1) is 15.1. The minimum atomic E-state index is 0.0395. The molecule has 3 aromatic heterocycles. The summed E-state index contributed by atoms with van der Waals surface area (Å²) in [5.41, 5.74) is 4.21. The summed E-state index contributed by atoms with van der Waals surface area (Å²) in [6.07, 6.45) is 5.14. The van der Waals surface area contributed by atoms with Crippen molar-refractivity contribution in [3.05, 3.63) is 53.6 Å². The Labute approximate surface area is 151 Å². The smallest absolute Gasteiger partial charge is 0.254 e. The number of carbonyl (C=O) groups is 1. The average molecular weight is 366 g/mol. The van der Waals surface area contributed by atoms with Gasteiger partial charge in [-0.3, -0.25) is 4.79 Å². The molecular weight excluding hydrogens is 352 g/mol. The van der Waals surface area contributed by atoms with Crippen molar-refractivity contribution < 1.29 is 4.79 Å². The summed E-state index contributed by atoms with van der Waals surface area (Å²) in [6, 6.07) is 5.79. The fourth-order valence-electron chi connectivity index (χ4n) is 2.99. The average Bonchev–Trinajstić information content (AvgIpc) is 3.34. The number of hydrogen-bond acceptors (Lipinski definition) is 7. The second kappa shape index (κ2) is 5.99. The minimum absolute atomic E-state index is 0.0395. The fraction of sp³-hybridized carbons (Fsp3) is 0.250. The maximum absolute atomic E-state index is 12.6. The van der Waals surface area contributed by atoms with Crippen molar-refractivity contribution in [2.75, 3.05) is 13.1 Å². The Morgan fingerprint density at radius 3 is 2.92 bits per heavy atom. The second-order valence-electron chi connectivity index (χ2n) is 6.15. The lowest BCUT2D eigenvalue weighted by Crippen LogP contribution is -2.50. The Hall–Kier alpha value is -3.14. The van der Waals surface area contributed by atoms with Crippen LogP contribution in [0.4, 0.5) is 0 Å². The van der Waals surface area contributed by atoms with E-state index in [9.17, 15) is 4.79 Å². The predicted octanol–water partition coefficient (Wildman–Crippen LogP) is 1.22. The monoisotopic (exact) mass is 366 g/mol. The molecule has 0 unspecified atom stereocenters. The van der Waals surface area contributed by atoms with Gasteiger partial charge in [0, 0.05) is 18.7 Å². The van der Waals surface area contributed by atoms with E-state index >= 15 is 0 Å². The van der Waals surface area contributed by atoms with Crippen molar-refractivity contribution in [2.24, 2.45) is 0 Å². The molecule has 1 aliphatic rings. The van der Waals surface area contributed by atoms with Crippen molar-refractivity contribution >= 4 is 27.5 Å². The summed E-state index contributed by atoms with van der Waals surface area (Å²) in [4.78, 5) is 20.3. The molecule has 0 radical (unpaired) electrons. The molecule has 9 nitrogen and oxygen atoms in total. The van der Waals surface area contributed by atoms with E-state index in [1.807, 2.05) is 34.0 Å². The summed E-state index contributed by atoms with van der Waals surface area (Å²) in [5.74, 6) is 0.0395. The van der Waals surface area contributed by atoms with Crippen LogP contribution < -0.4 is 0 Å². The molecule has 1 fully saturated rings. The molecule has 4 aromatic rings. The molecule has 130 valence electrons. The minimum Gasteiger partial charge on any atom is -0.334 e. The van der Waals surface area contributed by atoms with Gasteiger partial charge < -0.3 is 4.90 Å². The number of thiazole rings is 1. The lowest BCUT2D eigenvalue weighted by atomic mass is 10.1. The van der Waals surface area contributed by atoms with Crippen LogP contribution in [-0.2, 0) is 6.54 Å². The van der Waals surface area contributed by atoms with E-state index < -0.39 is 0 Å². The van der Waals surface area contributed by atoms with E-state index in [1.165, 1.54) is 0 Å². The fourth-order valence-corrected chi connectivity index (χ4v) is 3.71. The van der Waals surface area contributed by atoms with Crippen molar-refractivity contribution in [3.63, 3.8) is 0 Å². The number of rotatable bonds is 4. The summed E-state index contributed by atoms with van der Waals surface area (Å²) < 4.78 is 2.84. The Morgan fingerprint density at radius 1 is 1.23 bits per heavy atom. The molecule has 1 amide bonds. The van der Waals surface area contributed by atoms with E-state index in [1.54, 1.807) is 34.0 Å². The third-order valence-electron chi connectivity index (χ3n) is 4.43. The van der Waals surface area contributed by atoms with Gasteiger partial charge in [0.1, 0.15) is 12.2 Å². The summed E-state index contributed by atoms with van der Waals surface area (Å²) in [7, 11) is 0. The van der Waals surface area contributed by atoms with Gasteiger partial charge in [-0.2, -0.15) is 15.0 Å². The van der Waals surface area contributed by atoms with Gasteiger partial charge in [-0.1, -0.05) is 5.21 Å². The Kier molecular flexibility index (Phi) is 3.49. The van der Waals surface area contributed by atoms with E-state index in [2.05, 4.69) is 25.5 Å². The molecule has 0 N–H and O–H groups in total. The van der Waals surface area contributed by atoms with Gasteiger partial charge >= 0.3 is 0 Å². The Balaban J connectivity index is 1.24. The number of amides is 1. The van der Waals surface area contributed by atoms with Crippen molar-refractivity contribution in [3.8, 4) is 0 Å². The third-order valence-corrected chi connectivity index (χ3v) is 5.22. The highest BCUT2D eigenvalue weighted by Crippen LogP contribution is 2.25. The van der Waals surface area contributed by atoms with Gasteiger partial charge in [0.05, 0.1) is 40.4 Å². The number of aromatic nitrogens is 7. The first-order chi connectivity index (χ1) is 12.8. The summed E-state index contributed by atoms with van der Waals surface area (Å²) >= 11 is 1.54. The zero-order valence-electron chi connectivity index (χ0n) is 13.6. The van der Waals surface area contributed by atoms with Gasteiger partial charge in [0.15, 0.2) is 0 Å². The molecule has 10 heteroatoms. The molecule has 0 spiro atoms. The van der Waals surface area contributed by atoms with Gasteiger partial charge in [0.2, 0.25) is 0 Å². The molecule has 0 atom stereocenters. The molecule has 0 bridgehead atoms. The SMILES string of the molecule is O=C(c1ccc2ncsc2c1)N1CC(n2cc(Cn3nccn3)nn2)C1. The summed E-state index contributed by atoms with van der Waals surface area (Å²) in [6.45, 7) is 1.74. The van der Waals surface area contributed by atoms with Crippen LogP contribution in [-0.4, -0.2) is 58.9 Å². The van der Waals surface area contributed by atoms with E-state index in [4.69, 9.17) is 0 Å². The summed E-state index contributed by atoms with van der Waals surface area (Å²) in [5, 5.41) is 16.4. The van der Waals surface area contributed by atoms with Crippen LogP contribution in [0.15, 0.2) is 42.3 Å². The molecular formula is C16H14N8OS. The second-order valence-corrected chi connectivity index (χ2v) is 7.03. The van der Waals surface area contributed by atoms with Crippen molar-refractivity contribution in [1.82, 2.24) is 39.9 Å². The van der Waals surface area contributed by atoms with Crippen LogP contribution in [0.25, 0.3) is 10.2 Å². The van der Waals surface area contributed by atoms with Gasteiger partial charge in [-0.05, 0) is 18.2 Å². The highest BCUT2D eigenvalue weighted by Gasteiger charge is 2.33. The number of nitrogens with zero attached hydrogens (tertiary/aromatic N) is 8. The Morgan fingerprint density at radius 2 is 2.08 bits per heavy atom. The lowest BCUT2D eigenvalue weighted by Gasteiger charge is -2.38. The van der Waals surface area contributed by atoms with Crippen LogP contribution in [0.3, 0.4) is 0 Å². The maximum atomic E-state index is 12.6. The highest BCUT2D eigenvalue weighted by molar-refractivity contribution is 7.16. The first-order valence-electron chi connectivity index (χ1n) is 8.13. The zero-order chi connectivity index (χ0) is 17.5. The first-order valence-corrected chi connectivity index (χ1v) is 9.01. The number of carbonyl (C=O) groups excluding carboxylic acids is 1. The van der Waals surface area contributed by atoms with Crippen LogP contribution in [0.2, 0.25) is 0 Å². The molecule has 5 rings (SSSR count). The van der Waals surface area contributed by atoms with E-state index in [-0.39, 0.29) is 11.9 Å². The van der Waals surface area contributed by atoms with Gasteiger partial charge in [0.25, 0.3) is 5.91 Å². The normalized spacial score (nSPS) is 14.7. The topological polar surface area (TPSA) is 94.6 Å². The van der Waals surface area contributed by atoms with E-state index in [0.29, 0.717) is 25.2 Å². The van der Waals surface area contributed by atoms with Gasteiger partial charge in [-0.25, -0.2) is 9.67 Å². The largest absolute Gasteiger partial charge is 0.334 e.